The normalized spacial score (nSPS) is 26.2. The van der Waals surface area contributed by atoms with E-state index in [0.29, 0.717) is 13.1 Å². The molecule has 1 unspecified atom stereocenters. The second-order valence-corrected chi connectivity index (χ2v) is 5.70. The van der Waals surface area contributed by atoms with E-state index in [2.05, 4.69) is 28.3 Å². The van der Waals surface area contributed by atoms with Gasteiger partial charge in [-0.3, -0.25) is 10.0 Å². The van der Waals surface area contributed by atoms with Crippen molar-refractivity contribution in [2.75, 3.05) is 6.54 Å². The largest absolute Gasteiger partial charge is 0.326 e. The number of nitroso groups, excluding NO2 is 1. The molecule has 3 aliphatic rings. The highest BCUT2D eigenvalue weighted by Crippen LogP contribution is 2.37. The van der Waals surface area contributed by atoms with Gasteiger partial charge in [-0.15, -0.1) is 0 Å². The standard InChI is InChI=1S/C17H17N4O/c22-21-11-5-10-18-15-8-4-9-16-17(15,21)13-19-20(16)12-14-6-2-1-3-7-14/h1-3,5-7,9-10,13H,4,8,11-12H2/q+1. The smallest absolute Gasteiger partial charge is 0.257 e. The third-order valence-corrected chi connectivity index (χ3v) is 4.39. The molecule has 0 saturated carbocycles. The minimum Gasteiger partial charge on any atom is -0.257 e. The lowest BCUT2D eigenvalue weighted by Crippen LogP contribution is -2.52. The van der Waals surface area contributed by atoms with Crippen molar-refractivity contribution in [3.05, 3.63) is 64.9 Å². The molecule has 1 aromatic carbocycles. The Morgan fingerprint density at radius 1 is 1.27 bits per heavy atom. The van der Waals surface area contributed by atoms with Crippen molar-refractivity contribution in [2.45, 2.75) is 24.9 Å². The van der Waals surface area contributed by atoms with Gasteiger partial charge in [-0.05, 0) is 18.4 Å². The molecule has 2 heterocycles. The van der Waals surface area contributed by atoms with Crippen LogP contribution in [0.15, 0.2) is 64.5 Å². The van der Waals surface area contributed by atoms with E-state index in [0.717, 1.165) is 29.0 Å². The summed E-state index contributed by atoms with van der Waals surface area (Å²) in [4.78, 5) is 17.2. The van der Waals surface area contributed by atoms with Crippen LogP contribution in [-0.2, 0) is 6.54 Å². The lowest BCUT2D eigenvalue weighted by atomic mass is 9.83. The fraction of sp³-hybridized carbons (Fsp3) is 0.294. The van der Waals surface area contributed by atoms with Crippen LogP contribution in [0.5, 0.6) is 0 Å². The number of nitrogens with zero attached hydrogens (tertiary/aromatic N) is 4. The fourth-order valence-electron chi connectivity index (χ4n) is 3.31. The molecule has 0 aromatic heterocycles. The topological polar surface area (TPSA) is 48.0 Å². The zero-order valence-corrected chi connectivity index (χ0v) is 12.2. The molecular formula is C17H17N4O+. The predicted molar refractivity (Wildman–Crippen MR) is 85.6 cm³/mol. The van der Waals surface area contributed by atoms with E-state index in [9.17, 15) is 4.91 Å². The molecule has 0 amide bonds. The van der Waals surface area contributed by atoms with Crippen molar-refractivity contribution in [2.24, 2.45) is 10.1 Å². The Morgan fingerprint density at radius 3 is 3.00 bits per heavy atom. The number of hydrazone groups is 1. The second kappa shape index (κ2) is 5.02. The van der Waals surface area contributed by atoms with Gasteiger partial charge in [0, 0.05) is 21.9 Å². The van der Waals surface area contributed by atoms with Gasteiger partial charge in [0.05, 0.1) is 6.54 Å². The lowest BCUT2D eigenvalue weighted by molar-refractivity contribution is -0.571. The van der Waals surface area contributed by atoms with Crippen molar-refractivity contribution in [1.82, 2.24) is 5.01 Å². The van der Waals surface area contributed by atoms with Gasteiger partial charge in [0.15, 0.2) is 0 Å². The van der Waals surface area contributed by atoms with Crippen molar-refractivity contribution >= 4 is 11.9 Å². The van der Waals surface area contributed by atoms with E-state index in [1.165, 1.54) is 5.56 Å². The van der Waals surface area contributed by atoms with Crippen LogP contribution in [0.25, 0.3) is 0 Å². The van der Waals surface area contributed by atoms with Crippen molar-refractivity contribution in [3.8, 4) is 0 Å². The molecule has 22 heavy (non-hydrogen) atoms. The third-order valence-electron chi connectivity index (χ3n) is 4.39. The van der Waals surface area contributed by atoms with Crippen LogP contribution in [0.1, 0.15) is 18.4 Å². The van der Waals surface area contributed by atoms with E-state index >= 15 is 0 Å². The zero-order chi connectivity index (χ0) is 15.0. The average molecular weight is 293 g/mol. The molecule has 0 saturated heterocycles. The maximum atomic E-state index is 12.7. The van der Waals surface area contributed by atoms with Gasteiger partial charge in [-0.1, -0.05) is 36.4 Å². The van der Waals surface area contributed by atoms with E-state index in [4.69, 9.17) is 0 Å². The molecule has 1 atom stereocenters. The molecule has 0 radical (unpaired) electrons. The molecule has 5 nitrogen and oxygen atoms in total. The van der Waals surface area contributed by atoms with Crippen LogP contribution in [0.4, 0.5) is 0 Å². The van der Waals surface area contributed by atoms with Gasteiger partial charge in [0.1, 0.15) is 17.6 Å². The van der Waals surface area contributed by atoms with Gasteiger partial charge in [0.2, 0.25) is 6.54 Å². The number of rotatable bonds is 2. The minimum absolute atomic E-state index is 0.329. The highest BCUT2D eigenvalue weighted by Gasteiger charge is 2.59. The quantitative estimate of drug-likeness (QED) is 0.787. The molecule has 1 aliphatic carbocycles. The first kappa shape index (κ1) is 13.1. The number of hydrogen-bond acceptors (Lipinski definition) is 4. The van der Waals surface area contributed by atoms with Crippen molar-refractivity contribution < 1.29 is 4.76 Å². The van der Waals surface area contributed by atoms with Crippen LogP contribution in [0, 0.1) is 4.91 Å². The molecule has 1 aromatic rings. The first-order valence-electron chi connectivity index (χ1n) is 7.55. The predicted octanol–water partition coefficient (Wildman–Crippen LogP) is 2.65. The summed E-state index contributed by atoms with van der Waals surface area (Å²) in [5.74, 6) is 0. The maximum absolute atomic E-state index is 12.7. The Bertz CT molecular complexity index is 732. The van der Waals surface area contributed by atoms with E-state index in [-0.39, 0.29) is 0 Å². The lowest BCUT2D eigenvalue weighted by Gasteiger charge is -2.27. The summed E-state index contributed by atoms with van der Waals surface area (Å²) < 4.78 is 1.09. The third kappa shape index (κ3) is 1.85. The van der Waals surface area contributed by atoms with Gasteiger partial charge in [-0.2, -0.15) is 5.10 Å². The molecule has 0 N–H and O–H groups in total. The Labute approximate surface area is 128 Å². The molecule has 0 fully saturated rings. The first-order valence-corrected chi connectivity index (χ1v) is 7.55. The summed E-state index contributed by atoms with van der Waals surface area (Å²) in [7, 11) is 0. The number of aliphatic imine (C=N–C) groups is 1. The SMILES string of the molecule is O=[N+]1CC=CN=C2CCC=C3N(Cc4ccccc4)N=CC321. The highest BCUT2D eigenvalue weighted by molar-refractivity contribution is 6.11. The fourth-order valence-corrected chi connectivity index (χ4v) is 3.31. The van der Waals surface area contributed by atoms with Crippen LogP contribution in [0.3, 0.4) is 0 Å². The summed E-state index contributed by atoms with van der Waals surface area (Å²) in [6, 6.07) is 10.2. The number of allylic oxidation sites excluding steroid dienone is 1. The monoisotopic (exact) mass is 293 g/mol. The summed E-state index contributed by atoms with van der Waals surface area (Å²) in [6.07, 6.45) is 9.14. The van der Waals surface area contributed by atoms with Crippen molar-refractivity contribution in [3.63, 3.8) is 0 Å². The first-order chi connectivity index (χ1) is 10.8. The highest BCUT2D eigenvalue weighted by atomic mass is 16.3. The summed E-state index contributed by atoms with van der Waals surface area (Å²) in [5.41, 5.74) is 2.20. The molecule has 110 valence electrons. The van der Waals surface area contributed by atoms with Gasteiger partial charge in [0.25, 0.3) is 0 Å². The van der Waals surface area contributed by atoms with E-state index in [1.807, 2.05) is 23.2 Å². The van der Waals surface area contributed by atoms with Crippen LogP contribution in [-0.4, -0.2) is 33.8 Å². The van der Waals surface area contributed by atoms with E-state index in [1.54, 1.807) is 18.5 Å². The van der Waals surface area contributed by atoms with Gasteiger partial charge >= 0.3 is 5.54 Å². The summed E-state index contributed by atoms with van der Waals surface area (Å²) in [6.45, 7) is 0.995. The van der Waals surface area contributed by atoms with Gasteiger partial charge in [-0.25, -0.2) is 0 Å². The van der Waals surface area contributed by atoms with E-state index < -0.39 is 5.54 Å². The maximum Gasteiger partial charge on any atom is 0.326 e. The summed E-state index contributed by atoms with van der Waals surface area (Å²) >= 11 is 0. The molecule has 1 spiro atoms. The summed E-state index contributed by atoms with van der Waals surface area (Å²) in [5, 5.41) is 6.46. The van der Waals surface area contributed by atoms with Gasteiger partial charge < -0.3 is 0 Å². The Morgan fingerprint density at radius 2 is 2.14 bits per heavy atom. The molecule has 0 bridgehead atoms. The molecular weight excluding hydrogens is 276 g/mol. The molecule has 4 rings (SSSR count). The number of hydrogen-bond donors (Lipinski definition) is 0. The Balaban J connectivity index is 1.72. The van der Waals surface area contributed by atoms with Crippen LogP contribution in [0.2, 0.25) is 0 Å². The number of benzene rings is 1. The van der Waals surface area contributed by atoms with Crippen molar-refractivity contribution in [1.29, 1.82) is 0 Å². The Kier molecular flexibility index (Phi) is 2.99. The van der Waals surface area contributed by atoms with Crippen LogP contribution >= 0.6 is 0 Å². The minimum atomic E-state index is -0.809. The Hall–Kier alpha value is -2.56. The van der Waals surface area contributed by atoms with Crippen LogP contribution < -0.4 is 0 Å². The zero-order valence-electron chi connectivity index (χ0n) is 12.2. The average Bonchev–Trinajstić information content (AvgIpc) is 2.84. The molecule has 2 aliphatic heterocycles. The second-order valence-electron chi connectivity index (χ2n) is 5.70. The molecule has 5 heteroatoms.